The third-order valence-electron chi connectivity index (χ3n) is 5.01. The molecule has 3 heterocycles. The van der Waals surface area contributed by atoms with Gasteiger partial charge in [0.15, 0.2) is 11.5 Å². The van der Waals surface area contributed by atoms with Crippen molar-refractivity contribution in [3.05, 3.63) is 71.7 Å². The van der Waals surface area contributed by atoms with E-state index in [1.165, 1.54) is 5.56 Å². The zero-order valence-electron chi connectivity index (χ0n) is 17.2. The van der Waals surface area contributed by atoms with E-state index in [9.17, 15) is 4.79 Å². The summed E-state index contributed by atoms with van der Waals surface area (Å²) in [5, 5.41) is 8.63. The van der Waals surface area contributed by atoms with Crippen LogP contribution >= 0.6 is 0 Å². The van der Waals surface area contributed by atoms with E-state index in [2.05, 4.69) is 24.1 Å². The number of carbonyl (C=O) groups is 1. The van der Waals surface area contributed by atoms with Crippen molar-refractivity contribution < 1.29 is 4.79 Å². The largest absolute Gasteiger partial charge is 0.324 e. The summed E-state index contributed by atoms with van der Waals surface area (Å²) in [5.74, 6) is 1.11. The van der Waals surface area contributed by atoms with Crippen LogP contribution in [0.1, 0.15) is 36.6 Å². The molecule has 0 saturated carbocycles. The number of nitrogens with zero attached hydrogens (tertiary/aromatic N) is 4. The highest BCUT2D eigenvalue weighted by Crippen LogP contribution is 2.25. The summed E-state index contributed by atoms with van der Waals surface area (Å²) in [6, 6.07) is 13.9. The van der Waals surface area contributed by atoms with Crippen molar-refractivity contribution in [2.24, 2.45) is 0 Å². The number of aromatic nitrogens is 4. The summed E-state index contributed by atoms with van der Waals surface area (Å²) < 4.78 is 3.63. The van der Waals surface area contributed by atoms with E-state index in [1.54, 1.807) is 4.68 Å². The Labute approximate surface area is 170 Å². The minimum absolute atomic E-state index is 0.0968. The van der Waals surface area contributed by atoms with Crippen LogP contribution in [0.2, 0.25) is 0 Å². The van der Waals surface area contributed by atoms with E-state index in [1.807, 2.05) is 73.3 Å². The molecule has 0 atom stereocenters. The van der Waals surface area contributed by atoms with Crippen LogP contribution in [-0.2, 0) is 11.3 Å². The Kier molecular flexibility index (Phi) is 4.92. The maximum atomic E-state index is 12.7. The van der Waals surface area contributed by atoms with Gasteiger partial charge in [-0.1, -0.05) is 26.0 Å². The van der Waals surface area contributed by atoms with Gasteiger partial charge in [-0.15, -0.1) is 0 Å². The number of hydrogen-bond donors (Lipinski definition) is 1. The zero-order chi connectivity index (χ0) is 20.5. The van der Waals surface area contributed by atoms with Gasteiger partial charge in [-0.05, 0) is 61.2 Å². The molecule has 0 spiro atoms. The number of hydrogen-bond acceptors (Lipinski definition) is 3. The van der Waals surface area contributed by atoms with E-state index in [0.717, 1.165) is 33.8 Å². The lowest BCUT2D eigenvalue weighted by Gasteiger charge is -2.09. The topological polar surface area (TPSA) is 64.7 Å². The van der Waals surface area contributed by atoms with Gasteiger partial charge >= 0.3 is 0 Å². The summed E-state index contributed by atoms with van der Waals surface area (Å²) in [6.07, 6.45) is 3.89. The molecule has 0 radical (unpaired) electrons. The monoisotopic (exact) mass is 387 g/mol. The van der Waals surface area contributed by atoms with Gasteiger partial charge in [-0.3, -0.25) is 4.79 Å². The van der Waals surface area contributed by atoms with E-state index in [-0.39, 0.29) is 12.5 Å². The number of anilines is 1. The molecule has 3 aromatic heterocycles. The van der Waals surface area contributed by atoms with Crippen molar-refractivity contribution in [3.63, 3.8) is 0 Å². The number of amides is 1. The molecule has 4 aromatic rings. The highest BCUT2D eigenvalue weighted by molar-refractivity contribution is 5.93. The molecule has 0 unspecified atom stereocenters. The summed E-state index contributed by atoms with van der Waals surface area (Å²) in [7, 11) is 0. The third-order valence-corrected chi connectivity index (χ3v) is 5.01. The van der Waals surface area contributed by atoms with Gasteiger partial charge in [0.2, 0.25) is 5.91 Å². The minimum Gasteiger partial charge on any atom is -0.324 e. The van der Waals surface area contributed by atoms with Crippen LogP contribution < -0.4 is 5.32 Å². The fraction of sp³-hybridized carbons (Fsp3) is 0.261. The maximum absolute atomic E-state index is 12.7. The number of carbonyl (C=O) groups excluding carboxylic acids is 1. The molecule has 29 heavy (non-hydrogen) atoms. The Morgan fingerprint density at radius 2 is 1.79 bits per heavy atom. The smallest absolute Gasteiger partial charge is 0.246 e. The second-order valence-electron chi connectivity index (χ2n) is 7.68. The molecule has 0 saturated heterocycles. The fourth-order valence-corrected chi connectivity index (χ4v) is 3.55. The highest BCUT2D eigenvalue weighted by atomic mass is 16.2. The van der Waals surface area contributed by atoms with Gasteiger partial charge < -0.3 is 9.88 Å². The molecule has 0 bridgehead atoms. The lowest BCUT2D eigenvalue weighted by Crippen LogP contribution is -2.20. The maximum Gasteiger partial charge on any atom is 0.246 e. The molecular weight excluding hydrogens is 362 g/mol. The third kappa shape index (κ3) is 3.78. The predicted octanol–water partition coefficient (Wildman–Crippen LogP) is 4.60. The number of nitrogens with one attached hydrogen (secondary N) is 1. The second-order valence-corrected chi connectivity index (χ2v) is 7.68. The Morgan fingerprint density at radius 3 is 2.45 bits per heavy atom. The van der Waals surface area contributed by atoms with Crippen molar-refractivity contribution >= 4 is 22.6 Å². The summed E-state index contributed by atoms with van der Waals surface area (Å²) >= 11 is 0. The molecule has 0 aliphatic heterocycles. The summed E-state index contributed by atoms with van der Waals surface area (Å²) in [4.78, 5) is 17.4. The van der Waals surface area contributed by atoms with Gasteiger partial charge in [0.05, 0.1) is 5.39 Å². The van der Waals surface area contributed by atoms with Crippen LogP contribution in [0.5, 0.6) is 0 Å². The average molecular weight is 387 g/mol. The predicted molar refractivity (Wildman–Crippen MR) is 115 cm³/mol. The lowest BCUT2D eigenvalue weighted by atomic mass is 10.0. The molecule has 0 aliphatic carbocycles. The van der Waals surface area contributed by atoms with E-state index in [4.69, 9.17) is 5.10 Å². The molecule has 6 nitrogen and oxygen atoms in total. The van der Waals surface area contributed by atoms with Gasteiger partial charge in [0.1, 0.15) is 6.54 Å². The van der Waals surface area contributed by atoms with Crippen molar-refractivity contribution in [1.82, 2.24) is 19.3 Å². The van der Waals surface area contributed by atoms with Gasteiger partial charge in [-0.25, -0.2) is 9.67 Å². The molecule has 1 amide bonds. The molecule has 1 aromatic carbocycles. The van der Waals surface area contributed by atoms with Crippen molar-refractivity contribution in [1.29, 1.82) is 0 Å². The number of fused-ring (bicyclic) bond motifs is 1. The number of aryl methyl sites for hydroxylation is 2. The fourth-order valence-electron chi connectivity index (χ4n) is 3.55. The van der Waals surface area contributed by atoms with Crippen LogP contribution in [0.25, 0.3) is 16.9 Å². The molecule has 0 aliphatic rings. The Morgan fingerprint density at radius 1 is 1.10 bits per heavy atom. The molecular formula is C23H25N5O. The number of benzene rings is 1. The molecule has 4 rings (SSSR count). The molecule has 0 fully saturated rings. The number of rotatable bonds is 5. The SMILES string of the molecule is Cc1cc(C)c2c(-n3cccc3)nn(CC(=O)Nc3ccc(C(C)C)cc3)c2n1. The average Bonchev–Trinajstić information content (AvgIpc) is 3.30. The van der Waals surface area contributed by atoms with Crippen molar-refractivity contribution in [2.75, 3.05) is 5.32 Å². The summed E-state index contributed by atoms with van der Waals surface area (Å²) in [5.41, 5.74) is 4.73. The molecule has 6 heteroatoms. The molecule has 148 valence electrons. The first kappa shape index (κ1) is 18.9. The Bertz CT molecular complexity index is 1150. The first-order valence-corrected chi connectivity index (χ1v) is 9.80. The second kappa shape index (κ2) is 7.54. The van der Waals surface area contributed by atoms with Crippen LogP contribution in [0, 0.1) is 13.8 Å². The van der Waals surface area contributed by atoms with E-state index >= 15 is 0 Å². The van der Waals surface area contributed by atoms with Crippen LogP contribution in [0.4, 0.5) is 5.69 Å². The van der Waals surface area contributed by atoms with Crippen LogP contribution in [0.15, 0.2) is 54.9 Å². The van der Waals surface area contributed by atoms with Crippen molar-refractivity contribution in [2.45, 2.75) is 40.2 Å². The number of pyridine rings is 1. The Hall–Kier alpha value is -3.41. The minimum atomic E-state index is -0.133. The zero-order valence-corrected chi connectivity index (χ0v) is 17.2. The standard InChI is InChI=1S/C23H25N5O/c1-15(2)18-7-9-19(10-8-18)25-20(29)14-28-22-21(16(3)13-17(4)24-22)23(26-28)27-11-5-6-12-27/h5-13,15H,14H2,1-4H3,(H,25,29). The van der Waals surface area contributed by atoms with Crippen LogP contribution in [-0.4, -0.2) is 25.2 Å². The van der Waals surface area contributed by atoms with Crippen LogP contribution in [0.3, 0.4) is 0 Å². The van der Waals surface area contributed by atoms with Gasteiger partial charge in [-0.2, -0.15) is 5.10 Å². The first-order valence-electron chi connectivity index (χ1n) is 9.80. The quantitative estimate of drug-likeness (QED) is 0.544. The normalized spacial score (nSPS) is 11.3. The Balaban J connectivity index is 1.64. The summed E-state index contributed by atoms with van der Waals surface area (Å²) in [6.45, 7) is 8.40. The lowest BCUT2D eigenvalue weighted by molar-refractivity contribution is -0.116. The van der Waals surface area contributed by atoms with E-state index in [0.29, 0.717) is 5.92 Å². The van der Waals surface area contributed by atoms with Gasteiger partial charge in [0, 0.05) is 23.8 Å². The van der Waals surface area contributed by atoms with Gasteiger partial charge in [0.25, 0.3) is 0 Å². The molecule has 1 N–H and O–H groups in total. The first-order chi connectivity index (χ1) is 13.9. The van der Waals surface area contributed by atoms with Crippen molar-refractivity contribution in [3.8, 4) is 5.82 Å². The van der Waals surface area contributed by atoms with E-state index < -0.39 is 0 Å². The highest BCUT2D eigenvalue weighted by Gasteiger charge is 2.18.